The third kappa shape index (κ3) is 3.12. The van der Waals surface area contributed by atoms with Crippen molar-refractivity contribution < 1.29 is 9.47 Å². The summed E-state index contributed by atoms with van der Waals surface area (Å²) in [5, 5.41) is 20.4. The van der Waals surface area contributed by atoms with Crippen LogP contribution in [0, 0.1) is 22.7 Å². The van der Waals surface area contributed by atoms with Gasteiger partial charge in [0.25, 0.3) is 0 Å². The maximum atomic E-state index is 8.73. The summed E-state index contributed by atoms with van der Waals surface area (Å²) in [5.41, 5.74) is 0.870. The van der Waals surface area contributed by atoms with Gasteiger partial charge >= 0.3 is 0 Å². The highest BCUT2D eigenvalue weighted by atomic mass is 16.7. The maximum Gasteiger partial charge on any atom is 0.185 e. The molecule has 1 heterocycles. The summed E-state index contributed by atoms with van der Waals surface area (Å²) in [6.07, 6.45) is 0.936. The van der Waals surface area contributed by atoms with Crippen molar-refractivity contribution in [1.29, 1.82) is 10.5 Å². The summed E-state index contributed by atoms with van der Waals surface area (Å²) in [6, 6.07) is 11.1. The van der Waals surface area contributed by atoms with Crippen molar-refractivity contribution in [3.63, 3.8) is 0 Å². The average Bonchev–Trinajstić information content (AvgIpc) is 2.69. The minimum Gasteiger partial charge on any atom is -0.360 e. The number of hydrogen-bond donors (Lipinski definition) is 1. The van der Waals surface area contributed by atoms with E-state index in [9.17, 15) is 0 Å². The fourth-order valence-electron chi connectivity index (χ4n) is 2.00. The van der Waals surface area contributed by atoms with E-state index in [1.165, 1.54) is 6.20 Å². The molecule has 0 spiro atoms. The highest BCUT2D eigenvalue weighted by Crippen LogP contribution is 2.44. The van der Waals surface area contributed by atoms with Gasteiger partial charge in [0.15, 0.2) is 6.29 Å². The monoisotopic (exact) mass is 297 g/mol. The second kappa shape index (κ2) is 5.81. The van der Waals surface area contributed by atoms with Crippen LogP contribution in [0.3, 0.4) is 0 Å². The number of anilines is 1. The maximum absolute atomic E-state index is 8.73. The van der Waals surface area contributed by atoms with Crippen LogP contribution in [0.15, 0.2) is 36.0 Å². The van der Waals surface area contributed by atoms with Crippen molar-refractivity contribution in [3.05, 3.63) is 41.6 Å². The van der Waals surface area contributed by atoms with Crippen LogP contribution in [0.2, 0.25) is 0 Å². The Morgan fingerprint density at radius 3 is 2.27 bits per heavy atom. The fraction of sp³-hybridized carbons (Fsp3) is 0.412. The molecule has 0 aliphatic carbocycles. The molecule has 0 unspecified atom stereocenters. The number of allylic oxidation sites excluding steroid dienone is 1. The molecule has 0 amide bonds. The molecule has 1 aromatic carbocycles. The third-order valence-electron chi connectivity index (χ3n) is 4.04. The predicted octanol–water partition coefficient (Wildman–Crippen LogP) is 3.63. The highest BCUT2D eigenvalue weighted by Gasteiger charge is 2.49. The number of benzene rings is 1. The summed E-state index contributed by atoms with van der Waals surface area (Å²) in [5.74, 6) is 0. The quantitative estimate of drug-likeness (QED) is 0.862. The molecule has 1 N–H and O–H groups in total. The predicted molar refractivity (Wildman–Crippen MR) is 82.4 cm³/mol. The zero-order chi connectivity index (χ0) is 16.4. The van der Waals surface area contributed by atoms with Gasteiger partial charge in [0, 0.05) is 17.5 Å². The molecule has 0 atom stereocenters. The van der Waals surface area contributed by atoms with Crippen molar-refractivity contribution in [2.75, 3.05) is 5.32 Å². The Bertz CT molecular complexity index is 646. The second-order valence-corrected chi connectivity index (χ2v) is 6.14. The summed E-state index contributed by atoms with van der Waals surface area (Å²) in [6.45, 7) is 8.02. The lowest BCUT2D eigenvalue weighted by molar-refractivity contribution is -0.0895. The van der Waals surface area contributed by atoms with Crippen LogP contribution < -0.4 is 5.32 Å². The lowest BCUT2D eigenvalue weighted by Gasteiger charge is -2.30. The van der Waals surface area contributed by atoms with Gasteiger partial charge in [-0.3, -0.25) is 0 Å². The van der Waals surface area contributed by atoms with Crippen molar-refractivity contribution >= 4 is 5.69 Å². The first-order chi connectivity index (χ1) is 10.3. The Morgan fingerprint density at radius 1 is 1.14 bits per heavy atom. The Kier molecular flexibility index (Phi) is 4.23. The van der Waals surface area contributed by atoms with Gasteiger partial charge < -0.3 is 14.8 Å². The first-order valence-corrected chi connectivity index (χ1v) is 7.01. The van der Waals surface area contributed by atoms with E-state index in [2.05, 4.69) is 5.32 Å². The largest absolute Gasteiger partial charge is 0.360 e. The second-order valence-electron chi connectivity index (χ2n) is 6.14. The van der Waals surface area contributed by atoms with Gasteiger partial charge in [0.1, 0.15) is 17.7 Å². The number of hydrogen-bond acceptors (Lipinski definition) is 5. The molecule has 114 valence electrons. The van der Waals surface area contributed by atoms with Gasteiger partial charge in [0.2, 0.25) is 0 Å². The molecule has 0 bridgehead atoms. The van der Waals surface area contributed by atoms with Crippen LogP contribution in [0.1, 0.15) is 39.5 Å². The van der Waals surface area contributed by atoms with Gasteiger partial charge in [-0.1, -0.05) is 12.1 Å². The van der Waals surface area contributed by atoms with Gasteiger partial charge in [-0.25, -0.2) is 0 Å². The van der Waals surface area contributed by atoms with Gasteiger partial charge in [0.05, 0.1) is 11.2 Å². The van der Waals surface area contributed by atoms with Crippen molar-refractivity contribution in [1.82, 2.24) is 0 Å². The molecule has 1 aromatic rings. The van der Waals surface area contributed by atoms with E-state index >= 15 is 0 Å². The molecule has 2 rings (SSSR count). The van der Waals surface area contributed by atoms with Gasteiger partial charge in [-0.2, -0.15) is 10.5 Å². The minimum atomic E-state index is -0.442. The lowest BCUT2D eigenvalue weighted by atomic mass is 9.90. The van der Waals surface area contributed by atoms with E-state index in [1.54, 1.807) is 12.1 Å². The summed E-state index contributed by atoms with van der Waals surface area (Å²) in [7, 11) is 0. The normalized spacial score (nSPS) is 19.0. The number of nitriles is 2. The van der Waals surface area contributed by atoms with Gasteiger partial charge in [-0.15, -0.1) is 0 Å². The summed E-state index contributed by atoms with van der Waals surface area (Å²) < 4.78 is 12.0. The molecule has 0 aromatic heterocycles. The summed E-state index contributed by atoms with van der Waals surface area (Å²) >= 11 is 0. The zero-order valence-electron chi connectivity index (χ0n) is 13.2. The van der Waals surface area contributed by atoms with Crippen LogP contribution in [0.4, 0.5) is 5.69 Å². The van der Waals surface area contributed by atoms with Crippen molar-refractivity contribution in [2.24, 2.45) is 0 Å². The number of nitrogens with one attached hydrogen (secondary N) is 1. The smallest absolute Gasteiger partial charge is 0.185 e. The molecule has 0 saturated carbocycles. The molecule has 22 heavy (non-hydrogen) atoms. The van der Waals surface area contributed by atoms with Crippen LogP contribution in [0.25, 0.3) is 0 Å². The van der Waals surface area contributed by atoms with Gasteiger partial charge in [-0.05, 0) is 39.8 Å². The van der Waals surface area contributed by atoms with Crippen LogP contribution in [0.5, 0.6) is 0 Å². The molecule has 5 heteroatoms. The Balaban J connectivity index is 2.19. The molecular weight excluding hydrogens is 278 g/mol. The SMILES string of the molecule is CC1(C)OC(c2cccc(NC=C(C#N)C#N)c2)OC1(C)C. The Hall–Kier alpha value is -2.34. The molecule has 1 fully saturated rings. The summed E-state index contributed by atoms with van der Waals surface area (Å²) in [4.78, 5) is 0. The number of rotatable bonds is 3. The molecule has 0 radical (unpaired) electrons. The topological polar surface area (TPSA) is 78.1 Å². The molecule has 1 aliphatic rings. The van der Waals surface area contributed by atoms with Crippen LogP contribution in [-0.4, -0.2) is 11.2 Å². The van der Waals surface area contributed by atoms with E-state index in [0.717, 1.165) is 11.3 Å². The number of ether oxygens (including phenoxy) is 2. The highest BCUT2D eigenvalue weighted by molar-refractivity contribution is 5.51. The van der Waals surface area contributed by atoms with E-state index in [0.29, 0.717) is 0 Å². The standard InChI is InChI=1S/C17H19N3O2/c1-16(2)17(3,4)22-15(21-16)13-6-5-7-14(8-13)20-11-12(9-18)10-19/h5-8,11,15,20H,1-4H3. The third-order valence-corrected chi connectivity index (χ3v) is 4.04. The van der Waals surface area contributed by atoms with Crippen molar-refractivity contribution in [2.45, 2.75) is 45.2 Å². The Labute approximate surface area is 130 Å². The minimum absolute atomic E-state index is 0.0148. The molecule has 1 saturated heterocycles. The molecule has 1 aliphatic heterocycles. The lowest BCUT2D eigenvalue weighted by Crippen LogP contribution is -2.41. The Morgan fingerprint density at radius 2 is 1.73 bits per heavy atom. The first kappa shape index (κ1) is 16.0. The van der Waals surface area contributed by atoms with Crippen LogP contribution >= 0.6 is 0 Å². The number of nitrogens with zero attached hydrogens (tertiary/aromatic N) is 2. The molecule has 5 nitrogen and oxygen atoms in total. The molecular formula is C17H19N3O2. The fourth-order valence-corrected chi connectivity index (χ4v) is 2.00. The van der Waals surface area contributed by atoms with E-state index in [-0.39, 0.29) is 5.57 Å². The van der Waals surface area contributed by atoms with Crippen molar-refractivity contribution in [3.8, 4) is 12.1 Å². The first-order valence-electron chi connectivity index (χ1n) is 7.01. The van der Waals surface area contributed by atoms with E-state index in [1.807, 2.05) is 52.0 Å². The average molecular weight is 297 g/mol. The van der Waals surface area contributed by atoms with Crippen LogP contribution in [-0.2, 0) is 9.47 Å². The zero-order valence-corrected chi connectivity index (χ0v) is 13.2. The van der Waals surface area contributed by atoms with E-state index in [4.69, 9.17) is 20.0 Å². The van der Waals surface area contributed by atoms with E-state index < -0.39 is 17.5 Å².